The number of hydrogen-bond donors (Lipinski definition) is 0. The summed E-state index contributed by atoms with van der Waals surface area (Å²) in [6, 6.07) is 11.1. The van der Waals surface area contributed by atoms with E-state index in [-0.39, 0.29) is 5.91 Å². The van der Waals surface area contributed by atoms with Gasteiger partial charge in [0, 0.05) is 23.7 Å². The van der Waals surface area contributed by atoms with Crippen molar-refractivity contribution in [1.82, 2.24) is 14.8 Å². The first-order valence-corrected chi connectivity index (χ1v) is 11.7. The summed E-state index contributed by atoms with van der Waals surface area (Å²) in [6.07, 6.45) is 10.8. The number of aromatic nitrogens is 3. The predicted molar refractivity (Wildman–Crippen MR) is 112 cm³/mol. The van der Waals surface area contributed by atoms with Crippen LogP contribution >= 0.6 is 11.8 Å². The van der Waals surface area contributed by atoms with Crippen molar-refractivity contribution in [2.24, 2.45) is 0 Å². The Kier molecular flexibility index (Phi) is 5.14. The molecule has 2 aromatic rings. The zero-order chi connectivity index (χ0) is 18.9. The number of anilines is 1. The van der Waals surface area contributed by atoms with Crippen LogP contribution < -0.4 is 4.90 Å². The molecule has 0 unspecified atom stereocenters. The highest BCUT2D eigenvalue weighted by molar-refractivity contribution is 7.99. The smallest absolute Gasteiger partial charge is 0.237 e. The van der Waals surface area contributed by atoms with Crippen molar-refractivity contribution >= 4 is 23.4 Å². The second-order valence-corrected chi connectivity index (χ2v) is 9.34. The highest BCUT2D eigenvalue weighted by atomic mass is 32.2. The molecule has 0 N–H and O–H groups in total. The number of carbonyl (C=O) groups is 1. The van der Waals surface area contributed by atoms with E-state index in [2.05, 4.69) is 31.8 Å². The molecule has 3 aliphatic rings. The van der Waals surface area contributed by atoms with Crippen LogP contribution in [0.1, 0.15) is 75.6 Å². The molecule has 1 aromatic carbocycles. The van der Waals surface area contributed by atoms with Gasteiger partial charge in [-0.2, -0.15) is 0 Å². The lowest BCUT2D eigenvalue weighted by Crippen LogP contribution is -2.42. The van der Waals surface area contributed by atoms with Gasteiger partial charge in [0.15, 0.2) is 5.16 Å². The van der Waals surface area contributed by atoms with Gasteiger partial charge in [0.1, 0.15) is 5.82 Å². The topological polar surface area (TPSA) is 51.0 Å². The van der Waals surface area contributed by atoms with E-state index in [0.29, 0.717) is 23.8 Å². The Morgan fingerprint density at radius 2 is 1.75 bits per heavy atom. The SMILES string of the molecule is O=C(CSc1nnc(C2CC2)n1C1CC1)N(c1ccccc1)C1CCCCC1. The van der Waals surface area contributed by atoms with Crippen molar-refractivity contribution in [3.63, 3.8) is 0 Å². The van der Waals surface area contributed by atoms with E-state index in [1.165, 1.54) is 44.9 Å². The average Bonchev–Trinajstić information content (AvgIpc) is 3.67. The summed E-state index contributed by atoms with van der Waals surface area (Å²) >= 11 is 1.57. The number of hydrogen-bond acceptors (Lipinski definition) is 4. The van der Waals surface area contributed by atoms with E-state index in [0.717, 1.165) is 29.5 Å². The van der Waals surface area contributed by atoms with E-state index >= 15 is 0 Å². The fourth-order valence-electron chi connectivity index (χ4n) is 4.36. The second-order valence-electron chi connectivity index (χ2n) is 8.40. The Balaban J connectivity index is 1.33. The third-order valence-corrected chi connectivity index (χ3v) is 7.04. The molecule has 3 fully saturated rings. The first-order chi connectivity index (χ1) is 13.8. The van der Waals surface area contributed by atoms with Crippen molar-refractivity contribution in [2.75, 3.05) is 10.7 Å². The van der Waals surface area contributed by atoms with Gasteiger partial charge in [0.25, 0.3) is 0 Å². The predicted octanol–water partition coefficient (Wildman–Crippen LogP) is 4.95. The molecule has 1 amide bonds. The largest absolute Gasteiger partial charge is 0.309 e. The Bertz CT molecular complexity index is 822. The first-order valence-electron chi connectivity index (χ1n) is 10.8. The maximum absolute atomic E-state index is 13.3. The number of rotatable bonds is 7. The lowest BCUT2D eigenvalue weighted by molar-refractivity contribution is -0.116. The van der Waals surface area contributed by atoms with Gasteiger partial charge in [-0.05, 0) is 50.7 Å². The van der Waals surface area contributed by atoms with E-state index in [4.69, 9.17) is 0 Å². The van der Waals surface area contributed by atoms with Gasteiger partial charge in [-0.3, -0.25) is 4.79 Å². The summed E-state index contributed by atoms with van der Waals surface area (Å²) in [5, 5.41) is 9.88. The lowest BCUT2D eigenvalue weighted by atomic mass is 9.93. The van der Waals surface area contributed by atoms with Crippen molar-refractivity contribution in [3.05, 3.63) is 36.2 Å². The summed E-state index contributed by atoms with van der Waals surface area (Å²) in [5.74, 6) is 2.38. The summed E-state index contributed by atoms with van der Waals surface area (Å²) in [4.78, 5) is 15.4. The minimum absolute atomic E-state index is 0.196. The number of para-hydroxylation sites is 1. The minimum Gasteiger partial charge on any atom is -0.309 e. The molecular formula is C22H28N4OS. The van der Waals surface area contributed by atoms with Crippen LogP contribution in [0.4, 0.5) is 5.69 Å². The molecule has 28 heavy (non-hydrogen) atoms. The van der Waals surface area contributed by atoms with Crippen LogP contribution in [0.15, 0.2) is 35.5 Å². The zero-order valence-corrected chi connectivity index (χ0v) is 17.1. The van der Waals surface area contributed by atoms with Gasteiger partial charge in [-0.25, -0.2) is 0 Å². The molecular weight excluding hydrogens is 368 g/mol. The molecule has 3 saturated carbocycles. The molecule has 148 valence electrons. The molecule has 0 bridgehead atoms. The molecule has 0 aliphatic heterocycles. The number of nitrogens with zero attached hydrogens (tertiary/aromatic N) is 4. The summed E-state index contributed by atoms with van der Waals surface area (Å²) in [6.45, 7) is 0. The van der Waals surface area contributed by atoms with E-state index < -0.39 is 0 Å². The number of benzene rings is 1. The first kappa shape index (κ1) is 18.2. The number of carbonyl (C=O) groups excluding carboxylic acids is 1. The molecule has 0 atom stereocenters. The monoisotopic (exact) mass is 396 g/mol. The Morgan fingerprint density at radius 3 is 2.43 bits per heavy atom. The van der Waals surface area contributed by atoms with E-state index in [9.17, 15) is 4.79 Å². The van der Waals surface area contributed by atoms with Gasteiger partial charge >= 0.3 is 0 Å². The van der Waals surface area contributed by atoms with E-state index in [1.807, 2.05) is 18.2 Å². The van der Waals surface area contributed by atoms with Gasteiger partial charge < -0.3 is 9.47 Å². The maximum Gasteiger partial charge on any atom is 0.237 e. The van der Waals surface area contributed by atoms with Crippen LogP contribution in [-0.4, -0.2) is 32.5 Å². The lowest BCUT2D eigenvalue weighted by Gasteiger charge is -2.34. The molecule has 5 nitrogen and oxygen atoms in total. The molecule has 5 rings (SSSR count). The fourth-order valence-corrected chi connectivity index (χ4v) is 5.24. The van der Waals surface area contributed by atoms with Crippen LogP contribution in [-0.2, 0) is 4.79 Å². The highest BCUT2D eigenvalue weighted by Crippen LogP contribution is 2.46. The van der Waals surface area contributed by atoms with Crippen molar-refractivity contribution in [1.29, 1.82) is 0 Å². The standard InChI is InChI=1S/C22H28N4OS/c27-20(25(17-7-3-1-4-8-17)18-9-5-2-6-10-18)15-28-22-24-23-21(16-11-12-16)26(22)19-13-14-19/h1,3-4,7-8,16,18-19H,2,5-6,9-15H2. The number of amides is 1. The molecule has 1 heterocycles. The average molecular weight is 397 g/mol. The van der Waals surface area contributed by atoms with Crippen LogP contribution in [0.2, 0.25) is 0 Å². The van der Waals surface area contributed by atoms with E-state index in [1.54, 1.807) is 11.8 Å². The van der Waals surface area contributed by atoms with Crippen molar-refractivity contribution < 1.29 is 4.79 Å². The normalized spacial score (nSPS) is 20.3. The van der Waals surface area contributed by atoms with Crippen LogP contribution in [0.3, 0.4) is 0 Å². The maximum atomic E-state index is 13.3. The number of thioether (sulfide) groups is 1. The Hall–Kier alpha value is -1.82. The van der Waals surface area contributed by atoms with Gasteiger partial charge in [0.05, 0.1) is 5.75 Å². The Labute approximate surface area is 170 Å². The summed E-state index contributed by atoms with van der Waals surface area (Å²) in [5.41, 5.74) is 1.03. The molecule has 0 radical (unpaired) electrons. The van der Waals surface area contributed by atoms with Gasteiger partial charge in [-0.1, -0.05) is 49.2 Å². The third-order valence-electron chi connectivity index (χ3n) is 6.11. The molecule has 3 aliphatic carbocycles. The third kappa shape index (κ3) is 3.84. The van der Waals surface area contributed by atoms with Crippen LogP contribution in [0.25, 0.3) is 0 Å². The van der Waals surface area contributed by atoms with Crippen molar-refractivity contribution in [2.45, 2.75) is 80.9 Å². The van der Waals surface area contributed by atoms with Crippen molar-refractivity contribution in [3.8, 4) is 0 Å². The molecule has 0 spiro atoms. The molecule has 6 heteroatoms. The van der Waals surface area contributed by atoms with Crippen LogP contribution in [0.5, 0.6) is 0 Å². The Morgan fingerprint density at radius 1 is 1.00 bits per heavy atom. The summed E-state index contributed by atoms with van der Waals surface area (Å²) in [7, 11) is 0. The fraction of sp³-hybridized carbons (Fsp3) is 0.591. The van der Waals surface area contributed by atoms with Gasteiger partial charge in [-0.15, -0.1) is 10.2 Å². The second kappa shape index (κ2) is 7.90. The quantitative estimate of drug-likeness (QED) is 0.622. The zero-order valence-electron chi connectivity index (χ0n) is 16.3. The minimum atomic E-state index is 0.196. The van der Waals surface area contributed by atoms with Crippen LogP contribution in [0, 0.1) is 0 Å². The summed E-state index contributed by atoms with van der Waals surface area (Å²) < 4.78 is 2.34. The highest BCUT2D eigenvalue weighted by Gasteiger charge is 2.36. The molecule has 0 saturated heterocycles. The molecule has 1 aromatic heterocycles. The van der Waals surface area contributed by atoms with Gasteiger partial charge in [0.2, 0.25) is 5.91 Å².